The molecule has 180 valence electrons. The number of hydrogen-bond donors (Lipinski definition) is 1. The predicted octanol–water partition coefficient (Wildman–Crippen LogP) is 6.50. The van der Waals surface area contributed by atoms with Crippen molar-refractivity contribution >= 4 is 28.1 Å². The standard InChI is InChI=1S/C28H28FN3O2S/c1-4-26(27(33)30-17-20-8-12-22(29)13-9-20)32(23-7-5-6-19(2)16-23)28-31-25(18-35-28)21-10-14-24(34-3)15-11-21/h5-16,18,26H,4,17H2,1-3H3,(H,30,33)/t26-/m1/s1. The number of ether oxygens (including phenoxy) is 1. The number of nitrogens with one attached hydrogen (secondary N) is 1. The van der Waals surface area contributed by atoms with E-state index >= 15 is 0 Å². The van der Waals surface area contributed by atoms with E-state index in [1.54, 1.807) is 19.2 Å². The first-order chi connectivity index (χ1) is 17.0. The fourth-order valence-corrected chi connectivity index (χ4v) is 4.77. The average molecular weight is 490 g/mol. The molecule has 0 spiro atoms. The van der Waals surface area contributed by atoms with Gasteiger partial charge in [-0.05, 0) is 73.0 Å². The number of aryl methyl sites for hydroxylation is 1. The van der Waals surface area contributed by atoms with Gasteiger partial charge in [-0.15, -0.1) is 11.3 Å². The number of nitrogens with zero attached hydrogens (tertiary/aromatic N) is 2. The molecule has 0 aliphatic rings. The number of thiazole rings is 1. The first-order valence-corrected chi connectivity index (χ1v) is 12.3. The van der Waals surface area contributed by atoms with Crippen molar-refractivity contribution in [3.63, 3.8) is 0 Å². The Kier molecular flexibility index (Phi) is 7.77. The summed E-state index contributed by atoms with van der Waals surface area (Å²) >= 11 is 1.50. The van der Waals surface area contributed by atoms with Crippen LogP contribution in [0.15, 0.2) is 78.2 Å². The molecule has 0 saturated heterocycles. The van der Waals surface area contributed by atoms with Gasteiger partial charge in [0, 0.05) is 23.2 Å². The second kappa shape index (κ2) is 11.1. The zero-order chi connectivity index (χ0) is 24.8. The highest BCUT2D eigenvalue weighted by Gasteiger charge is 2.28. The first kappa shape index (κ1) is 24.4. The van der Waals surface area contributed by atoms with Gasteiger partial charge in [-0.2, -0.15) is 0 Å². The summed E-state index contributed by atoms with van der Waals surface area (Å²) in [6, 6.07) is 21.5. The van der Waals surface area contributed by atoms with Gasteiger partial charge in [0.05, 0.1) is 12.8 Å². The monoisotopic (exact) mass is 489 g/mol. The summed E-state index contributed by atoms with van der Waals surface area (Å²) < 4.78 is 18.5. The Hall–Kier alpha value is -3.71. The average Bonchev–Trinajstić information content (AvgIpc) is 3.36. The van der Waals surface area contributed by atoms with E-state index in [0.29, 0.717) is 13.0 Å². The Morgan fingerprint density at radius 2 is 1.86 bits per heavy atom. The van der Waals surface area contributed by atoms with Gasteiger partial charge in [0.2, 0.25) is 5.91 Å². The molecule has 5 nitrogen and oxygen atoms in total. The molecule has 1 amide bonds. The Labute approximate surface area is 209 Å². The van der Waals surface area contributed by atoms with Gasteiger partial charge in [0.25, 0.3) is 0 Å². The van der Waals surface area contributed by atoms with Crippen LogP contribution in [0.4, 0.5) is 15.2 Å². The van der Waals surface area contributed by atoms with Gasteiger partial charge < -0.3 is 15.0 Å². The number of amides is 1. The van der Waals surface area contributed by atoms with Crippen molar-refractivity contribution in [2.75, 3.05) is 12.0 Å². The van der Waals surface area contributed by atoms with Gasteiger partial charge in [-0.1, -0.05) is 31.2 Å². The lowest BCUT2D eigenvalue weighted by Gasteiger charge is -2.30. The Balaban J connectivity index is 1.63. The minimum atomic E-state index is -0.466. The number of anilines is 2. The largest absolute Gasteiger partial charge is 0.497 e. The maximum absolute atomic E-state index is 13.4. The van der Waals surface area contributed by atoms with Crippen molar-refractivity contribution in [3.8, 4) is 17.0 Å². The van der Waals surface area contributed by atoms with Crippen LogP contribution < -0.4 is 15.0 Å². The van der Waals surface area contributed by atoms with Gasteiger partial charge in [-0.3, -0.25) is 4.79 Å². The third-order valence-corrected chi connectivity index (χ3v) is 6.58. The highest BCUT2D eigenvalue weighted by molar-refractivity contribution is 7.14. The lowest BCUT2D eigenvalue weighted by molar-refractivity contribution is -0.122. The number of halogens is 1. The van der Waals surface area contributed by atoms with E-state index in [-0.39, 0.29) is 11.7 Å². The fourth-order valence-electron chi connectivity index (χ4n) is 3.87. The fraction of sp³-hybridized carbons (Fsp3) is 0.214. The van der Waals surface area contributed by atoms with Crippen molar-refractivity contribution in [3.05, 3.63) is 95.1 Å². The number of aromatic nitrogens is 1. The van der Waals surface area contributed by atoms with Crippen LogP contribution in [-0.2, 0) is 11.3 Å². The highest BCUT2D eigenvalue weighted by atomic mass is 32.1. The highest BCUT2D eigenvalue weighted by Crippen LogP contribution is 2.35. The molecule has 0 fully saturated rings. The van der Waals surface area contributed by atoms with E-state index in [1.807, 2.05) is 66.6 Å². The summed E-state index contributed by atoms with van der Waals surface area (Å²) in [5, 5.41) is 5.76. The zero-order valence-corrected chi connectivity index (χ0v) is 20.8. The maximum atomic E-state index is 13.4. The minimum Gasteiger partial charge on any atom is -0.497 e. The summed E-state index contributed by atoms with van der Waals surface area (Å²) in [7, 11) is 1.64. The molecule has 7 heteroatoms. The first-order valence-electron chi connectivity index (χ1n) is 11.5. The van der Waals surface area contributed by atoms with Gasteiger partial charge in [0.15, 0.2) is 5.13 Å². The molecule has 3 aromatic carbocycles. The van der Waals surface area contributed by atoms with Crippen LogP contribution in [0, 0.1) is 12.7 Å². The number of carbonyl (C=O) groups is 1. The second-order valence-corrected chi connectivity index (χ2v) is 9.06. The lowest BCUT2D eigenvalue weighted by Crippen LogP contribution is -2.44. The van der Waals surface area contributed by atoms with Crippen LogP contribution in [0.25, 0.3) is 11.3 Å². The number of methoxy groups -OCH3 is 1. The Morgan fingerprint density at radius 3 is 2.51 bits per heavy atom. The molecular formula is C28H28FN3O2S. The maximum Gasteiger partial charge on any atom is 0.243 e. The van der Waals surface area contributed by atoms with Crippen molar-refractivity contribution in [1.82, 2.24) is 10.3 Å². The van der Waals surface area contributed by atoms with E-state index in [0.717, 1.165) is 39.0 Å². The molecule has 1 atom stereocenters. The summed E-state index contributed by atoms with van der Waals surface area (Å²) in [5.41, 5.74) is 4.66. The number of benzene rings is 3. The Bertz CT molecular complexity index is 1270. The molecule has 4 rings (SSSR count). The molecule has 0 bridgehead atoms. The lowest BCUT2D eigenvalue weighted by atomic mass is 10.1. The summed E-state index contributed by atoms with van der Waals surface area (Å²) in [4.78, 5) is 20.3. The van der Waals surface area contributed by atoms with Gasteiger partial charge >= 0.3 is 0 Å². The van der Waals surface area contributed by atoms with Crippen LogP contribution in [0.3, 0.4) is 0 Å². The van der Waals surface area contributed by atoms with Crippen LogP contribution in [0.1, 0.15) is 24.5 Å². The van der Waals surface area contributed by atoms with Crippen LogP contribution in [0.5, 0.6) is 5.75 Å². The summed E-state index contributed by atoms with van der Waals surface area (Å²) in [5.74, 6) is 0.377. The van der Waals surface area contributed by atoms with E-state index in [1.165, 1.54) is 23.5 Å². The third-order valence-electron chi connectivity index (χ3n) is 5.74. The molecule has 0 radical (unpaired) electrons. The van der Waals surface area contributed by atoms with E-state index in [9.17, 15) is 9.18 Å². The summed E-state index contributed by atoms with van der Waals surface area (Å²) in [6.07, 6.45) is 0.584. The Morgan fingerprint density at radius 1 is 1.11 bits per heavy atom. The van der Waals surface area contributed by atoms with Crippen molar-refractivity contribution < 1.29 is 13.9 Å². The molecular weight excluding hydrogens is 461 g/mol. The molecule has 1 N–H and O–H groups in total. The van der Waals surface area contributed by atoms with E-state index in [2.05, 4.69) is 11.4 Å². The summed E-state index contributed by atoms with van der Waals surface area (Å²) in [6.45, 7) is 4.34. The van der Waals surface area contributed by atoms with E-state index in [4.69, 9.17) is 9.72 Å². The molecule has 0 unspecified atom stereocenters. The molecule has 1 heterocycles. The molecule has 0 aliphatic carbocycles. The minimum absolute atomic E-state index is 0.112. The normalized spacial score (nSPS) is 11.7. The molecule has 1 aromatic heterocycles. The smallest absolute Gasteiger partial charge is 0.243 e. The quantitative estimate of drug-likeness (QED) is 0.292. The van der Waals surface area contributed by atoms with Crippen LogP contribution >= 0.6 is 11.3 Å². The van der Waals surface area contributed by atoms with E-state index < -0.39 is 6.04 Å². The van der Waals surface area contributed by atoms with Crippen molar-refractivity contribution in [2.24, 2.45) is 0 Å². The number of carbonyl (C=O) groups excluding carboxylic acids is 1. The topological polar surface area (TPSA) is 54.5 Å². The van der Waals surface area contributed by atoms with Crippen molar-refractivity contribution in [1.29, 1.82) is 0 Å². The zero-order valence-electron chi connectivity index (χ0n) is 20.0. The number of rotatable bonds is 9. The molecule has 4 aromatic rings. The van der Waals surface area contributed by atoms with Crippen LogP contribution in [0.2, 0.25) is 0 Å². The van der Waals surface area contributed by atoms with Gasteiger partial charge in [-0.25, -0.2) is 9.37 Å². The number of hydrogen-bond acceptors (Lipinski definition) is 5. The molecule has 0 aliphatic heterocycles. The molecule has 0 saturated carbocycles. The van der Waals surface area contributed by atoms with Crippen LogP contribution in [-0.4, -0.2) is 24.0 Å². The SMILES string of the molecule is CC[C@H](C(=O)NCc1ccc(F)cc1)N(c1cccc(C)c1)c1nc(-c2ccc(OC)cc2)cs1. The predicted molar refractivity (Wildman–Crippen MR) is 140 cm³/mol. The third kappa shape index (κ3) is 5.87. The van der Waals surface area contributed by atoms with Crippen molar-refractivity contribution in [2.45, 2.75) is 32.9 Å². The molecule has 35 heavy (non-hydrogen) atoms. The van der Waals surface area contributed by atoms with Gasteiger partial charge in [0.1, 0.15) is 17.6 Å². The second-order valence-electron chi connectivity index (χ2n) is 8.22.